The van der Waals surface area contributed by atoms with Gasteiger partial charge in [0.1, 0.15) is 5.82 Å². The molecule has 2 aromatic heterocycles. The van der Waals surface area contributed by atoms with Gasteiger partial charge in [0.15, 0.2) is 5.82 Å². The van der Waals surface area contributed by atoms with Gasteiger partial charge in [0.05, 0.1) is 0 Å². The molecule has 5 nitrogen and oxygen atoms in total. The summed E-state index contributed by atoms with van der Waals surface area (Å²) in [5.41, 5.74) is 0.606. The average Bonchev–Trinajstić information content (AvgIpc) is 2.33. The number of hydrogen-bond acceptors (Lipinski definition) is 4. The van der Waals surface area contributed by atoms with E-state index in [1.165, 1.54) is 18.5 Å². The molecule has 0 saturated carbocycles. The van der Waals surface area contributed by atoms with Crippen LogP contribution in [0.2, 0.25) is 0 Å². The van der Waals surface area contributed by atoms with E-state index in [2.05, 4.69) is 30.6 Å². The Kier molecular flexibility index (Phi) is 3.81. The average molecular weight is 346 g/mol. The molecule has 2 aromatic rings. The summed E-state index contributed by atoms with van der Waals surface area (Å²) in [5, 5.41) is -0.654. The highest BCUT2D eigenvalue weighted by atomic mass is 79.9. The third-order valence-electron chi connectivity index (χ3n) is 2.26. The molecule has 0 spiro atoms. The quantitative estimate of drug-likeness (QED) is 0.927. The van der Waals surface area contributed by atoms with Crippen molar-refractivity contribution in [2.45, 2.75) is 11.9 Å². The van der Waals surface area contributed by atoms with Crippen LogP contribution in [0.4, 0.5) is 10.2 Å². The zero-order valence-electron chi connectivity index (χ0n) is 9.76. The molecule has 0 saturated heterocycles. The Labute approximate surface area is 118 Å². The number of nitrogens with zero attached hydrogens (tertiary/aromatic N) is 2. The van der Waals surface area contributed by atoms with Crippen LogP contribution in [0.15, 0.2) is 40.1 Å². The number of anilines is 1. The van der Waals surface area contributed by atoms with Crippen LogP contribution < -0.4 is 4.72 Å². The smallest absolute Gasteiger partial charge is 0.262 e. The SMILES string of the molecule is Cc1cc(Br)cnc1NS(=O)(=O)c1ncccc1F. The lowest BCUT2D eigenvalue weighted by Gasteiger charge is -2.09. The number of halogens is 2. The maximum Gasteiger partial charge on any atom is 0.283 e. The molecule has 2 rings (SSSR count). The van der Waals surface area contributed by atoms with Crippen molar-refractivity contribution in [3.8, 4) is 0 Å². The van der Waals surface area contributed by atoms with Crippen molar-refractivity contribution in [2.24, 2.45) is 0 Å². The lowest BCUT2D eigenvalue weighted by atomic mass is 10.3. The van der Waals surface area contributed by atoms with Gasteiger partial charge in [-0.2, -0.15) is 8.42 Å². The summed E-state index contributed by atoms with van der Waals surface area (Å²) in [6, 6.07) is 4.04. The summed E-state index contributed by atoms with van der Waals surface area (Å²) < 4.78 is 40.4. The van der Waals surface area contributed by atoms with Crippen LogP contribution in [-0.2, 0) is 10.0 Å². The molecular weight excluding hydrogens is 337 g/mol. The van der Waals surface area contributed by atoms with Crippen molar-refractivity contribution in [2.75, 3.05) is 4.72 Å². The van der Waals surface area contributed by atoms with E-state index in [0.29, 0.717) is 5.56 Å². The Morgan fingerprint density at radius 2 is 2.11 bits per heavy atom. The van der Waals surface area contributed by atoms with Crippen LogP contribution in [0.25, 0.3) is 0 Å². The summed E-state index contributed by atoms with van der Waals surface area (Å²) in [5.74, 6) is -0.780. The summed E-state index contributed by atoms with van der Waals surface area (Å²) in [6.45, 7) is 1.68. The van der Waals surface area contributed by atoms with Crippen molar-refractivity contribution in [3.63, 3.8) is 0 Å². The number of pyridine rings is 2. The van der Waals surface area contributed by atoms with Gasteiger partial charge in [-0.15, -0.1) is 0 Å². The van der Waals surface area contributed by atoms with Crippen LogP contribution in [0.5, 0.6) is 0 Å². The molecule has 19 heavy (non-hydrogen) atoms. The van der Waals surface area contributed by atoms with E-state index in [1.54, 1.807) is 13.0 Å². The Hall–Kier alpha value is -1.54. The van der Waals surface area contributed by atoms with Crippen LogP contribution in [-0.4, -0.2) is 18.4 Å². The monoisotopic (exact) mass is 345 g/mol. The molecule has 0 atom stereocenters. The first-order valence-corrected chi connectivity index (χ1v) is 7.43. The number of rotatable bonds is 3. The molecule has 1 N–H and O–H groups in total. The molecule has 0 bridgehead atoms. The van der Waals surface area contributed by atoms with E-state index in [1.807, 2.05) is 0 Å². The summed E-state index contributed by atoms with van der Waals surface area (Å²) in [6.07, 6.45) is 2.65. The second-order valence-electron chi connectivity index (χ2n) is 3.71. The Morgan fingerprint density at radius 3 is 2.74 bits per heavy atom. The minimum absolute atomic E-state index is 0.133. The molecule has 0 aromatic carbocycles. The lowest BCUT2D eigenvalue weighted by molar-refractivity contribution is 0.556. The first-order valence-electron chi connectivity index (χ1n) is 5.15. The van der Waals surface area contributed by atoms with E-state index in [4.69, 9.17) is 0 Å². The van der Waals surface area contributed by atoms with Gasteiger partial charge in [-0.25, -0.2) is 14.4 Å². The third kappa shape index (κ3) is 3.07. The Bertz CT molecular complexity index is 722. The van der Waals surface area contributed by atoms with E-state index in [9.17, 15) is 12.8 Å². The van der Waals surface area contributed by atoms with Gasteiger partial charge in [-0.1, -0.05) is 0 Å². The largest absolute Gasteiger partial charge is 0.283 e. The van der Waals surface area contributed by atoms with E-state index >= 15 is 0 Å². The summed E-state index contributed by atoms with van der Waals surface area (Å²) in [4.78, 5) is 7.46. The van der Waals surface area contributed by atoms with Crippen LogP contribution in [0.1, 0.15) is 5.56 Å². The fourth-order valence-electron chi connectivity index (χ4n) is 1.39. The maximum atomic E-state index is 13.4. The third-order valence-corrected chi connectivity index (χ3v) is 3.96. The number of nitrogens with one attached hydrogen (secondary N) is 1. The minimum Gasteiger partial charge on any atom is -0.262 e. The van der Waals surface area contributed by atoms with Gasteiger partial charge >= 0.3 is 0 Å². The van der Waals surface area contributed by atoms with E-state index in [-0.39, 0.29) is 5.82 Å². The second-order valence-corrected chi connectivity index (χ2v) is 6.23. The topological polar surface area (TPSA) is 72.0 Å². The van der Waals surface area contributed by atoms with Gasteiger partial charge in [-0.3, -0.25) is 4.72 Å². The molecule has 0 fully saturated rings. The zero-order valence-corrected chi connectivity index (χ0v) is 12.2. The first-order chi connectivity index (χ1) is 8.90. The Balaban J connectivity index is 2.40. The predicted molar refractivity (Wildman–Crippen MR) is 71.7 cm³/mol. The molecule has 0 amide bonds. The Morgan fingerprint density at radius 1 is 1.37 bits per heavy atom. The van der Waals surface area contributed by atoms with Crippen molar-refractivity contribution in [3.05, 3.63) is 46.4 Å². The molecule has 8 heteroatoms. The zero-order chi connectivity index (χ0) is 14.0. The van der Waals surface area contributed by atoms with Gasteiger partial charge in [0, 0.05) is 16.9 Å². The normalized spacial score (nSPS) is 11.3. The first kappa shape index (κ1) is 13.9. The highest BCUT2D eigenvalue weighted by Gasteiger charge is 2.21. The highest BCUT2D eigenvalue weighted by Crippen LogP contribution is 2.20. The summed E-state index contributed by atoms with van der Waals surface area (Å²) >= 11 is 3.22. The predicted octanol–water partition coefficient (Wildman–Crippen LogP) is 2.49. The van der Waals surface area contributed by atoms with E-state index < -0.39 is 20.9 Å². The molecule has 0 aliphatic rings. The molecule has 0 radical (unpaired) electrons. The molecular formula is C11H9BrFN3O2S. The van der Waals surface area contributed by atoms with Crippen molar-refractivity contribution < 1.29 is 12.8 Å². The number of aromatic nitrogens is 2. The van der Waals surface area contributed by atoms with Gasteiger partial charge < -0.3 is 0 Å². The molecule has 0 aliphatic carbocycles. The molecule has 0 aliphatic heterocycles. The van der Waals surface area contributed by atoms with E-state index in [0.717, 1.165) is 10.5 Å². The molecule has 2 heterocycles. The molecule has 0 unspecified atom stereocenters. The standard InChI is InChI=1S/C11H9BrFN3O2S/c1-7-5-8(12)6-15-10(7)16-19(17,18)11-9(13)3-2-4-14-11/h2-6H,1H3,(H,15,16). The number of sulfonamides is 1. The fraction of sp³-hybridized carbons (Fsp3) is 0.0909. The van der Waals surface area contributed by atoms with Crippen LogP contribution in [0.3, 0.4) is 0 Å². The van der Waals surface area contributed by atoms with Crippen molar-refractivity contribution in [1.82, 2.24) is 9.97 Å². The minimum atomic E-state index is -4.09. The van der Waals surface area contributed by atoms with Crippen molar-refractivity contribution >= 4 is 31.8 Å². The lowest BCUT2D eigenvalue weighted by Crippen LogP contribution is -2.17. The second kappa shape index (κ2) is 5.22. The van der Waals surface area contributed by atoms with Crippen molar-refractivity contribution in [1.29, 1.82) is 0 Å². The maximum absolute atomic E-state index is 13.4. The van der Waals surface area contributed by atoms with Crippen LogP contribution >= 0.6 is 15.9 Å². The highest BCUT2D eigenvalue weighted by molar-refractivity contribution is 9.10. The summed E-state index contributed by atoms with van der Waals surface area (Å²) in [7, 11) is -4.09. The number of aryl methyl sites for hydroxylation is 1. The van der Waals surface area contributed by atoms with Gasteiger partial charge in [0.25, 0.3) is 10.0 Å². The van der Waals surface area contributed by atoms with Crippen LogP contribution in [0, 0.1) is 12.7 Å². The van der Waals surface area contributed by atoms with Gasteiger partial charge in [0.2, 0.25) is 5.03 Å². The number of hydrogen-bond donors (Lipinski definition) is 1. The fourth-order valence-corrected chi connectivity index (χ4v) is 2.93. The van der Waals surface area contributed by atoms with Gasteiger partial charge in [-0.05, 0) is 46.6 Å². The molecule has 100 valence electrons.